The molecule has 0 unspecified atom stereocenters. The lowest BCUT2D eigenvalue weighted by Crippen LogP contribution is -2.02. The van der Waals surface area contributed by atoms with Crippen molar-refractivity contribution >= 4 is 29.2 Å². The van der Waals surface area contributed by atoms with Crippen LogP contribution in [-0.2, 0) is 0 Å². The Morgan fingerprint density at radius 1 is 1.33 bits per heavy atom. The van der Waals surface area contributed by atoms with Gasteiger partial charge in [-0.2, -0.15) is 0 Å². The highest BCUT2D eigenvalue weighted by Gasteiger charge is 2.10. The number of hydrogen-bond acceptors (Lipinski definition) is 5. The number of halogens is 1. The molecule has 0 fully saturated rings. The number of rotatable bonds is 3. The van der Waals surface area contributed by atoms with Crippen LogP contribution in [0.5, 0.6) is 0 Å². The van der Waals surface area contributed by atoms with Gasteiger partial charge in [-0.1, -0.05) is 25.4 Å². The van der Waals surface area contributed by atoms with E-state index in [4.69, 9.17) is 17.3 Å². The Kier molecular flexibility index (Phi) is 4.04. The standard InChI is InChI=1S/C12H13ClN4S/c1-7(2)11-16-9(14)6-10(17-11)18-12-8(13)4-3-5-15-12/h3-7H,1-2H3,(H2,14,16,17). The third kappa shape index (κ3) is 3.11. The van der Waals surface area contributed by atoms with Crippen molar-refractivity contribution in [2.75, 3.05) is 5.73 Å². The molecular weight excluding hydrogens is 268 g/mol. The zero-order valence-electron chi connectivity index (χ0n) is 10.1. The van der Waals surface area contributed by atoms with E-state index in [1.165, 1.54) is 11.8 Å². The maximum absolute atomic E-state index is 6.06. The van der Waals surface area contributed by atoms with Crippen LogP contribution in [0.4, 0.5) is 5.82 Å². The van der Waals surface area contributed by atoms with Gasteiger partial charge in [-0.05, 0) is 23.9 Å². The van der Waals surface area contributed by atoms with Gasteiger partial charge in [0.15, 0.2) is 0 Å². The lowest BCUT2D eigenvalue weighted by atomic mass is 10.2. The largest absolute Gasteiger partial charge is 0.384 e. The van der Waals surface area contributed by atoms with Crippen LogP contribution < -0.4 is 5.73 Å². The van der Waals surface area contributed by atoms with Crippen LogP contribution in [0.25, 0.3) is 0 Å². The van der Waals surface area contributed by atoms with Crippen molar-refractivity contribution in [3.05, 3.63) is 35.2 Å². The van der Waals surface area contributed by atoms with E-state index in [9.17, 15) is 0 Å². The zero-order valence-corrected chi connectivity index (χ0v) is 11.7. The van der Waals surface area contributed by atoms with E-state index in [0.717, 1.165) is 10.9 Å². The molecular formula is C12H13ClN4S. The second kappa shape index (κ2) is 5.54. The molecule has 0 aromatic carbocycles. The number of anilines is 1. The van der Waals surface area contributed by atoms with Crippen molar-refractivity contribution in [1.82, 2.24) is 15.0 Å². The van der Waals surface area contributed by atoms with E-state index < -0.39 is 0 Å². The quantitative estimate of drug-likeness (QED) is 0.873. The maximum atomic E-state index is 6.06. The Hall–Kier alpha value is -1.33. The highest BCUT2D eigenvalue weighted by atomic mass is 35.5. The van der Waals surface area contributed by atoms with Crippen LogP contribution in [-0.4, -0.2) is 15.0 Å². The highest BCUT2D eigenvalue weighted by Crippen LogP contribution is 2.31. The number of aromatic nitrogens is 3. The van der Waals surface area contributed by atoms with Crippen molar-refractivity contribution in [2.24, 2.45) is 0 Å². The van der Waals surface area contributed by atoms with Gasteiger partial charge in [0, 0.05) is 18.2 Å². The summed E-state index contributed by atoms with van der Waals surface area (Å²) in [6.45, 7) is 4.05. The molecule has 0 amide bonds. The first-order valence-corrected chi connectivity index (χ1v) is 6.68. The highest BCUT2D eigenvalue weighted by molar-refractivity contribution is 7.99. The summed E-state index contributed by atoms with van der Waals surface area (Å²) < 4.78 is 0. The molecule has 2 N–H and O–H groups in total. The Bertz CT molecular complexity index is 560. The number of nitrogen functional groups attached to an aromatic ring is 1. The molecule has 2 aromatic rings. The zero-order chi connectivity index (χ0) is 13.1. The summed E-state index contributed by atoms with van der Waals surface area (Å²) >= 11 is 7.44. The molecule has 0 spiro atoms. The predicted octanol–water partition coefficient (Wildman–Crippen LogP) is 3.38. The molecule has 0 aliphatic carbocycles. The topological polar surface area (TPSA) is 64.7 Å². The number of nitrogens with zero attached hydrogens (tertiary/aromatic N) is 3. The second-order valence-electron chi connectivity index (χ2n) is 4.04. The predicted molar refractivity (Wildman–Crippen MR) is 73.9 cm³/mol. The molecule has 0 radical (unpaired) electrons. The fourth-order valence-electron chi connectivity index (χ4n) is 1.32. The van der Waals surface area contributed by atoms with Crippen LogP contribution in [0.2, 0.25) is 5.02 Å². The normalized spacial score (nSPS) is 10.9. The smallest absolute Gasteiger partial charge is 0.134 e. The monoisotopic (exact) mass is 280 g/mol. The summed E-state index contributed by atoms with van der Waals surface area (Å²) in [5.41, 5.74) is 5.77. The third-order valence-electron chi connectivity index (χ3n) is 2.18. The Labute approximate surface area is 115 Å². The summed E-state index contributed by atoms with van der Waals surface area (Å²) in [4.78, 5) is 12.8. The molecule has 2 aromatic heterocycles. The number of pyridine rings is 1. The van der Waals surface area contributed by atoms with Crippen molar-refractivity contribution in [1.29, 1.82) is 0 Å². The van der Waals surface area contributed by atoms with Gasteiger partial charge in [0.2, 0.25) is 0 Å². The van der Waals surface area contributed by atoms with Gasteiger partial charge in [-0.25, -0.2) is 15.0 Å². The van der Waals surface area contributed by atoms with Gasteiger partial charge < -0.3 is 5.73 Å². The van der Waals surface area contributed by atoms with Gasteiger partial charge in [0.1, 0.15) is 21.7 Å². The van der Waals surface area contributed by atoms with Crippen molar-refractivity contribution in [3.8, 4) is 0 Å². The van der Waals surface area contributed by atoms with Gasteiger partial charge in [0.05, 0.1) is 5.02 Å². The van der Waals surface area contributed by atoms with Crippen molar-refractivity contribution in [3.63, 3.8) is 0 Å². The molecule has 0 aliphatic rings. The summed E-state index contributed by atoms with van der Waals surface area (Å²) in [6, 6.07) is 5.31. The molecule has 6 heteroatoms. The van der Waals surface area contributed by atoms with E-state index in [-0.39, 0.29) is 5.92 Å². The molecule has 94 valence electrons. The van der Waals surface area contributed by atoms with Crippen LogP contribution in [0, 0.1) is 0 Å². The Morgan fingerprint density at radius 3 is 2.78 bits per heavy atom. The molecule has 4 nitrogen and oxygen atoms in total. The molecule has 2 rings (SSSR count). The van der Waals surface area contributed by atoms with Crippen LogP contribution in [0.15, 0.2) is 34.4 Å². The van der Waals surface area contributed by atoms with Gasteiger partial charge in [-0.15, -0.1) is 0 Å². The minimum absolute atomic E-state index is 0.229. The lowest BCUT2D eigenvalue weighted by molar-refractivity contribution is 0.756. The first-order chi connectivity index (χ1) is 8.56. The minimum atomic E-state index is 0.229. The molecule has 18 heavy (non-hydrogen) atoms. The molecule has 2 heterocycles. The molecule has 0 aliphatic heterocycles. The summed E-state index contributed by atoms with van der Waals surface area (Å²) in [6.07, 6.45) is 1.70. The fourth-order valence-corrected chi connectivity index (χ4v) is 2.35. The first kappa shape index (κ1) is 13.1. The molecule has 0 saturated carbocycles. The lowest BCUT2D eigenvalue weighted by Gasteiger charge is -2.07. The van der Waals surface area contributed by atoms with E-state index in [1.54, 1.807) is 24.4 Å². The fraction of sp³-hybridized carbons (Fsp3) is 0.250. The molecule has 0 atom stereocenters. The van der Waals surface area contributed by atoms with Crippen molar-refractivity contribution in [2.45, 2.75) is 29.8 Å². The van der Waals surface area contributed by atoms with Crippen LogP contribution in [0.1, 0.15) is 25.6 Å². The van der Waals surface area contributed by atoms with Crippen LogP contribution in [0.3, 0.4) is 0 Å². The van der Waals surface area contributed by atoms with Crippen LogP contribution >= 0.6 is 23.4 Å². The van der Waals surface area contributed by atoms with Crippen molar-refractivity contribution < 1.29 is 0 Å². The molecule has 0 bridgehead atoms. The van der Waals surface area contributed by atoms with Gasteiger partial charge in [-0.3, -0.25) is 0 Å². The maximum Gasteiger partial charge on any atom is 0.134 e. The van der Waals surface area contributed by atoms with E-state index in [2.05, 4.69) is 15.0 Å². The third-order valence-corrected chi connectivity index (χ3v) is 3.54. The average molecular weight is 281 g/mol. The Morgan fingerprint density at radius 2 is 2.11 bits per heavy atom. The van der Waals surface area contributed by atoms with Gasteiger partial charge >= 0.3 is 0 Å². The summed E-state index contributed by atoms with van der Waals surface area (Å²) in [5, 5.41) is 2.07. The van der Waals surface area contributed by atoms with E-state index in [1.807, 2.05) is 13.8 Å². The minimum Gasteiger partial charge on any atom is -0.384 e. The van der Waals surface area contributed by atoms with E-state index in [0.29, 0.717) is 15.9 Å². The first-order valence-electron chi connectivity index (χ1n) is 5.49. The Balaban J connectivity index is 2.32. The van der Waals surface area contributed by atoms with Gasteiger partial charge in [0.25, 0.3) is 0 Å². The summed E-state index contributed by atoms with van der Waals surface area (Å²) in [5.74, 6) is 1.42. The molecule has 0 saturated heterocycles. The summed E-state index contributed by atoms with van der Waals surface area (Å²) in [7, 11) is 0. The van der Waals surface area contributed by atoms with E-state index >= 15 is 0 Å². The number of hydrogen-bond donors (Lipinski definition) is 1. The number of nitrogens with two attached hydrogens (primary N) is 1. The second-order valence-corrected chi connectivity index (χ2v) is 5.45. The SMILES string of the molecule is CC(C)c1nc(N)cc(Sc2ncccc2Cl)n1. The average Bonchev–Trinajstić information content (AvgIpc) is 2.31.